The molecule has 1 fully saturated rings. The van der Waals surface area contributed by atoms with Crippen molar-refractivity contribution in [3.63, 3.8) is 0 Å². The summed E-state index contributed by atoms with van der Waals surface area (Å²) in [4.78, 5) is 17.8. The van der Waals surface area contributed by atoms with Gasteiger partial charge in [-0.1, -0.05) is 30.3 Å². The first-order chi connectivity index (χ1) is 12.6. The monoisotopic (exact) mass is 354 g/mol. The van der Waals surface area contributed by atoms with Gasteiger partial charge >= 0.3 is 0 Å². The fraction of sp³-hybridized carbons (Fsp3) is 0.524. The summed E-state index contributed by atoms with van der Waals surface area (Å²) in [6.07, 6.45) is 4.71. The second-order valence-corrected chi connectivity index (χ2v) is 7.23. The highest BCUT2D eigenvalue weighted by molar-refractivity contribution is 5.95. The van der Waals surface area contributed by atoms with Crippen molar-refractivity contribution >= 4 is 5.91 Å². The van der Waals surface area contributed by atoms with E-state index < -0.39 is 0 Å². The predicted octanol–water partition coefficient (Wildman–Crippen LogP) is 2.99. The zero-order valence-electron chi connectivity index (χ0n) is 16.2. The highest BCUT2D eigenvalue weighted by atomic mass is 16.2. The molecule has 0 aliphatic carbocycles. The molecule has 0 atom stereocenters. The van der Waals surface area contributed by atoms with Crippen LogP contribution in [0.4, 0.5) is 0 Å². The van der Waals surface area contributed by atoms with Gasteiger partial charge in [0.25, 0.3) is 5.91 Å². The fourth-order valence-electron chi connectivity index (χ4n) is 3.78. The van der Waals surface area contributed by atoms with Gasteiger partial charge in [0.05, 0.1) is 11.8 Å². The summed E-state index contributed by atoms with van der Waals surface area (Å²) in [7, 11) is 2.15. The maximum absolute atomic E-state index is 13.4. The van der Waals surface area contributed by atoms with Crippen LogP contribution in [0.15, 0.2) is 36.5 Å². The third kappa shape index (κ3) is 4.15. The Hall–Kier alpha value is -2.14. The summed E-state index contributed by atoms with van der Waals surface area (Å²) in [5.74, 6) is 0.132. The molecule has 0 spiro atoms. The van der Waals surface area contributed by atoms with E-state index in [0.717, 1.165) is 56.7 Å². The molecule has 140 valence electrons. The van der Waals surface area contributed by atoms with Crippen LogP contribution >= 0.6 is 0 Å². The van der Waals surface area contributed by atoms with Crippen molar-refractivity contribution in [3.05, 3.63) is 53.3 Å². The molecule has 1 amide bonds. The number of rotatable bonds is 6. The fourth-order valence-corrected chi connectivity index (χ4v) is 3.78. The lowest BCUT2D eigenvalue weighted by atomic mass is 10.0. The van der Waals surface area contributed by atoms with Gasteiger partial charge < -0.3 is 9.80 Å². The topological polar surface area (TPSA) is 41.4 Å². The summed E-state index contributed by atoms with van der Waals surface area (Å²) in [6, 6.07) is 10.7. The molecule has 5 nitrogen and oxygen atoms in total. The van der Waals surface area contributed by atoms with Crippen molar-refractivity contribution in [1.29, 1.82) is 0 Å². The van der Waals surface area contributed by atoms with E-state index in [4.69, 9.17) is 0 Å². The number of carbonyl (C=O) groups excluding carboxylic acids is 1. The van der Waals surface area contributed by atoms with Crippen molar-refractivity contribution in [1.82, 2.24) is 19.6 Å². The highest BCUT2D eigenvalue weighted by Gasteiger charge is 2.29. The molecule has 2 aromatic rings. The number of carbonyl (C=O) groups is 1. The zero-order valence-corrected chi connectivity index (χ0v) is 16.2. The summed E-state index contributed by atoms with van der Waals surface area (Å²) in [5, 5.41) is 4.37. The van der Waals surface area contributed by atoms with E-state index in [1.807, 2.05) is 17.7 Å². The molecule has 1 aromatic heterocycles. The summed E-state index contributed by atoms with van der Waals surface area (Å²) in [6.45, 7) is 7.69. The second kappa shape index (κ2) is 8.49. The van der Waals surface area contributed by atoms with Crippen LogP contribution in [-0.4, -0.2) is 58.2 Å². The Morgan fingerprint density at radius 2 is 1.92 bits per heavy atom. The van der Waals surface area contributed by atoms with Crippen LogP contribution in [0.2, 0.25) is 0 Å². The van der Waals surface area contributed by atoms with Crippen molar-refractivity contribution in [3.8, 4) is 0 Å². The number of nitrogens with zero attached hydrogens (tertiary/aromatic N) is 4. The molecular formula is C21H30N4O. The Balaban J connectivity index is 1.79. The van der Waals surface area contributed by atoms with Gasteiger partial charge in [0, 0.05) is 24.8 Å². The standard InChI is InChI=1S/C21H30N4O/c1-4-25-17(2)20(16-22-25)21(26)24(19-11-13-23(3)14-12-19)15-10-18-8-6-5-7-9-18/h5-9,16,19H,4,10-15H2,1-3H3. The number of aryl methyl sites for hydroxylation is 1. The third-order valence-electron chi connectivity index (χ3n) is 5.51. The molecule has 5 heteroatoms. The lowest BCUT2D eigenvalue weighted by Gasteiger charge is -2.37. The van der Waals surface area contributed by atoms with Gasteiger partial charge in [0.1, 0.15) is 0 Å². The lowest BCUT2D eigenvalue weighted by molar-refractivity contribution is 0.0593. The van der Waals surface area contributed by atoms with E-state index >= 15 is 0 Å². The maximum Gasteiger partial charge on any atom is 0.257 e. The van der Waals surface area contributed by atoms with Crippen LogP contribution in [0.25, 0.3) is 0 Å². The molecule has 0 N–H and O–H groups in total. The van der Waals surface area contributed by atoms with Crippen LogP contribution in [0.3, 0.4) is 0 Å². The molecule has 1 aromatic carbocycles. The molecule has 0 unspecified atom stereocenters. The summed E-state index contributed by atoms with van der Waals surface area (Å²) >= 11 is 0. The summed E-state index contributed by atoms with van der Waals surface area (Å²) < 4.78 is 1.90. The molecular weight excluding hydrogens is 324 g/mol. The van der Waals surface area contributed by atoms with Crippen LogP contribution in [0, 0.1) is 6.92 Å². The Morgan fingerprint density at radius 1 is 1.23 bits per heavy atom. The average Bonchev–Trinajstić information content (AvgIpc) is 3.04. The predicted molar refractivity (Wildman–Crippen MR) is 104 cm³/mol. The quantitative estimate of drug-likeness (QED) is 0.801. The van der Waals surface area contributed by atoms with Gasteiger partial charge in [0.2, 0.25) is 0 Å². The van der Waals surface area contributed by atoms with Crippen LogP contribution in [0.1, 0.15) is 41.4 Å². The first-order valence-corrected chi connectivity index (χ1v) is 9.66. The van der Waals surface area contributed by atoms with Crippen LogP contribution in [0.5, 0.6) is 0 Å². The molecule has 1 aliphatic heterocycles. The molecule has 3 rings (SSSR count). The van der Waals surface area contributed by atoms with Gasteiger partial charge in [-0.3, -0.25) is 9.48 Å². The SMILES string of the molecule is CCn1ncc(C(=O)N(CCc2ccccc2)C2CCN(C)CC2)c1C. The maximum atomic E-state index is 13.4. The van der Waals surface area contributed by atoms with E-state index in [9.17, 15) is 4.79 Å². The van der Waals surface area contributed by atoms with E-state index in [-0.39, 0.29) is 5.91 Å². The average molecular weight is 354 g/mol. The normalized spacial score (nSPS) is 16.0. The minimum absolute atomic E-state index is 0.132. The Labute approximate surface area is 156 Å². The highest BCUT2D eigenvalue weighted by Crippen LogP contribution is 2.20. The number of benzene rings is 1. The van der Waals surface area contributed by atoms with Gasteiger partial charge in [0.15, 0.2) is 0 Å². The van der Waals surface area contributed by atoms with Crippen molar-refractivity contribution in [2.24, 2.45) is 0 Å². The van der Waals surface area contributed by atoms with E-state index in [1.165, 1.54) is 5.56 Å². The number of piperidine rings is 1. The van der Waals surface area contributed by atoms with Gasteiger partial charge in [-0.25, -0.2) is 0 Å². The second-order valence-electron chi connectivity index (χ2n) is 7.23. The number of likely N-dealkylation sites (tertiary alicyclic amines) is 1. The van der Waals surface area contributed by atoms with Crippen molar-refractivity contribution in [2.75, 3.05) is 26.7 Å². The molecule has 0 radical (unpaired) electrons. The van der Waals surface area contributed by atoms with Gasteiger partial charge in [-0.2, -0.15) is 5.10 Å². The number of hydrogen-bond acceptors (Lipinski definition) is 3. The van der Waals surface area contributed by atoms with Crippen LogP contribution < -0.4 is 0 Å². The minimum Gasteiger partial charge on any atom is -0.335 e. The van der Waals surface area contributed by atoms with E-state index in [1.54, 1.807) is 6.20 Å². The Kier molecular flexibility index (Phi) is 6.09. The molecule has 1 aliphatic rings. The summed E-state index contributed by atoms with van der Waals surface area (Å²) in [5.41, 5.74) is 2.99. The van der Waals surface area contributed by atoms with Crippen molar-refractivity contribution in [2.45, 2.75) is 45.7 Å². The number of aromatic nitrogens is 2. The van der Waals surface area contributed by atoms with Crippen molar-refractivity contribution < 1.29 is 4.79 Å². The smallest absolute Gasteiger partial charge is 0.257 e. The van der Waals surface area contributed by atoms with Gasteiger partial charge in [-0.15, -0.1) is 0 Å². The molecule has 0 bridgehead atoms. The largest absolute Gasteiger partial charge is 0.335 e. The molecule has 0 saturated carbocycles. The zero-order chi connectivity index (χ0) is 18.5. The van der Waals surface area contributed by atoms with Gasteiger partial charge in [-0.05, 0) is 58.8 Å². The lowest BCUT2D eigenvalue weighted by Crippen LogP contribution is -2.47. The Bertz CT molecular complexity index is 717. The Morgan fingerprint density at radius 3 is 2.54 bits per heavy atom. The first-order valence-electron chi connectivity index (χ1n) is 9.66. The molecule has 2 heterocycles. The van der Waals surface area contributed by atoms with E-state index in [2.05, 4.69) is 53.1 Å². The number of amides is 1. The first kappa shape index (κ1) is 18.6. The number of hydrogen-bond donors (Lipinski definition) is 0. The van der Waals surface area contributed by atoms with Crippen LogP contribution in [-0.2, 0) is 13.0 Å². The minimum atomic E-state index is 0.132. The third-order valence-corrected chi connectivity index (χ3v) is 5.51. The van der Waals surface area contributed by atoms with E-state index in [0.29, 0.717) is 6.04 Å². The molecule has 26 heavy (non-hydrogen) atoms. The molecule has 1 saturated heterocycles.